The highest BCUT2D eigenvalue weighted by Gasteiger charge is 2.20. The maximum absolute atomic E-state index is 5.41. The molecule has 0 saturated carbocycles. The number of rotatable bonds is 3. The second-order valence-corrected chi connectivity index (χ2v) is 4.35. The minimum absolute atomic E-state index is 0.175. The first-order chi connectivity index (χ1) is 8.22. The van der Waals surface area contributed by atoms with Crippen LogP contribution in [0.2, 0.25) is 0 Å². The average molecular weight is 227 g/mol. The van der Waals surface area contributed by atoms with Gasteiger partial charge >= 0.3 is 0 Å². The molecule has 0 aliphatic heterocycles. The van der Waals surface area contributed by atoms with Crippen molar-refractivity contribution >= 4 is 6.21 Å². The largest absolute Gasteiger partial charge is 0.374 e. The van der Waals surface area contributed by atoms with Crippen molar-refractivity contribution in [1.82, 2.24) is 0 Å². The van der Waals surface area contributed by atoms with Crippen LogP contribution in [0.5, 0.6) is 0 Å². The summed E-state index contributed by atoms with van der Waals surface area (Å²) in [6.45, 7) is 2.07. The SMILES string of the molecule is COC1(C)C=CC(N=Cc2ccccc2)=CC1. The Morgan fingerprint density at radius 1 is 1.29 bits per heavy atom. The summed E-state index contributed by atoms with van der Waals surface area (Å²) in [7, 11) is 1.73. The Bertz CT molecular complexity index is 459. The first kappa shape index (κ1) is 11.8. The van der Waals surface area contributed by atoms with Crippen LogP contribution in [0.3, 0.4) is 0 Å². The zero-order valence-corrected chi connectivity index (χ0v) is 10.3. The van der Waals surface area contributed by atoms with Crippen LogP contribution in [0.15, 0.2) is 59.2 Å². The van der Waals surface area contributed by atoms with Gasteiger partial charge in [-0.2, -0.15) is 0 Å². The van der Waals surface area contributed by atoms with Gasteiger partial charge < -0.3 is 4.74 Å². The minimum atomic E-state index is -0.175. The molecule has 0 aromatic heterocycles. The van der Waals surface area contributed by atoms with Gasteiger partial charge in [-0.3, -0.25) is 4.99 Å². The second kappa shape index (κ2) is 5.11. The Morgan fingerprint density at radius 2 is 2.06 bits per heavy atom. The topological polar surface area (TPSA) is 21.6 Å². The average Bonchev–Trinajstić information content (AvgIpc) is 2.39. The monoisotopic (exact) mass is 227 g/mol. The van der Waals surface area contributed by atoms with Crippen LogP contribution in [0, 0.1) is 0 Å². The molecular formula is C15H17NO. The highest BCUT2D eigenvalue weighted by atomic mass is 16.5. The molecule has 0 bridgehead atoms. The molecular weight excluding hydrogens is 210 g/mol. The summed E-state index contributed by atoms with van der Waals surface area (Å²) in [6, 6.07) is 10.1. The molecule has 0 radical (unpaired) electrons. The highest BCUT2D eigenvalue weighted by molar-refractivity contribution is 5.80. The number of ether oxygens (including phenoxy) is 1. The standard InChI is InChI=1S/C15H17NO/c1-15(17-2)10-8-14(9-11-15)16-12-13-6-4-3-5-7-13/h3-10,12H,11H2,1-2H3. The molecule has 2 rings (SSSR count). The van der Waals surface area contributed by atoms with Crippen molar-refractivity contribution in [2.75, 3.05) is 7.11 Å². The number of aliphatic imine (C=N–C) groups is 1. The predicted octanol–water partition coefficient (Wildman–Crippen LogP) is 3.35. The lowest BCUT2D eigenvalue weighted by molar-refractivity contribution is 0.0502. The Kier molecular flexibility index (Phi) is 3.55. The molecule has 1 aromatic carbocycles. The van der Waals surface area contributed by atoms with Crippen molar-refractivity contribution in [2.24, 2.45) is 4.99 Å². The van der Waals surface area contributed by atoms with Crippen molar-refractivity contribution < 1.29 is 4.74 Å². The van der Waals surface area contributed by atoms with Crippen LogP contribution in [0.4, 0.5) is 0 Å². The summed E-state index contributed by atoms with van der Waals surface area (Å²) < 4.78 is 5.41. The summed E-state index contributed by atoms with van der Waals surface area (Å²) in [6.07, 6.45) is 8.91. The maximum Gasteiger partial charge on any atom is 0.0869 e. The van der Waals surface area contributed by atoms with Crippen LogP contribution >= 0.6 is 0 Å². The van der Waals surface area contributed by atoms with Crippen molar-refractivity contribution in [3.8, 4) is 0 Å². The van der Waals surface area contributed by atoms with Crippen molar-refractivity contribution in [1.29, 1.82) is 0 Å². The van der Waals surface area contributed by atoms with E-state index in [1.807, 2.05) is 42.6 Å². The Hall–Kier alpha value is -1.67. The third-order valence-corrected chi connectivity index (χ3v) is 2.95. The number of benzene rings is 1. The van der Waals surface area contributed by atoms with Gasteiger partial charge in [-0.05, 0) is 18.6 Å². The van der Waals surface area contributed by atoms with Gasteiger partial charge in [-0.15, -0.1) is 0 Å². The van der Waals surface area contributed by atoms with Gasteiger partial charge in [0.1, 0.15) is 0 Å². The fraction of sp³-hybridized carbons (Fsp3) is 0.267. The van der Waals surface area contributed by atoms with Gasteiger partial charge in [-0.25, -0.2) is 0 Å². The van der Waals surface area contributed by atoms with Crippen LogP contribution in [-0.2, 0) is 4.74 Å². The Labute approximate surface area is 102 Å². The number of hydrogen-bond acceptors (Lipinski definition) is 2. The summed E-state index contributed by atoms with van der Waals surface area (Å²) in [4.78, 5) is 4.45. The van der Waals surface area contributed by atoms with Crippen LogP contribution in [0.25, 0.3) is 0 Å². The van der Waals surface area contributed by atoms with E-state index < -0.39 is 0 Å². The zero-order valence-electron chi connectivity index (χ0n) is 10.3. The minimum Gasteiger partial charge on any atom is -0.374 e. The lowest BCUT2D eigenvalue weighted by Crippen LogP contribution is -2.24. The van der Waals surface area contributed by atoms with E-state index in [2.05, 4.69) is 24.1 Å². The Morgan fingerprint density at radius 3 is 2.65 bits per heavy atom. The van der Waals surface area contributed by atoms with E-state index in [0.717, 1.165) is 17.7 Å². The fourth-order valence-corrected chi connectivity index (χ4v) is 1.64. The highest BCUT2D eigenvalue weighted by Crippen LogP contribution is 2.23. The molecule has 0 saturated heterocycles. The van der Waals surface area contributed by atoms with E-state index in [4.69, 9.17) is 4.74 Å². The summed E-state index contributed by atoms with van der Waals surface area (Å²) >= 11 is 0. The summed E-state index contributed by atoms with van der Waals surface area (Å²) in [5.41, 5.74) is 1.93. The summed E-state index contributed by atoms with van der Waals surface area (Å²) in [5.74, 6) is 0. The van der Waals surface area contributed by atoms with Gasteiger partial charge in [0.2, 0.25) is 0 Å². The molecule has 0 spiro atoms. The van der Waals surface area contributed by atoms with Crippen molar-refractivity contribution in [2.45, 2.75) is 18.9 Å². The van der Waals surface area contributed by atoms with Gasteiger partial charge in [0, 0.05) is 19.7 Å². The molecule has 2 heteroatoms. The molecule has 1 aliphatic carbocycles. The predicted molar refractivity (Wildman–Crippen MR) is 71.3 cm³/mol. The van der Waals surface area contributed by atoms with E-state index >= 15 is 0 Å². The molecule has 0 amide bonds. The second-order valence-electron chi connectivity index (χ2n) is 4.35. The first-order valence-electron chi connectivity index (χ1n) is 5.75. The molecule has 17 heavy (non-hydrogen) atoms. The smallest absolute Gasteiger partial charge is 0.0869 e. The molecule has 1 aliphatic rings. The molecule has 1 atom stereocenters. The van der Waals surface area contributed by atoms with Crippen LogP contribution < -0.4 is 0 Å². The third-order valence-electron chi connectivity index (χ3n) is 2.95. The quantitative estimate of drug-likeness (QED) is 0.726. The van der Waals surface area contributed by atoms with E-state index in [1.54, 1.807) is 7.11 Å². The maximum atomic E-state index is 5.41. The molecule has 1 unspecified atom stereocenters. The third kappa shape index (κ3) is 3.14. The summed E-state index contributed by atoms with van der Waals surface area (Å²) in [5, 5.41) is 0. The van der Waals surface area contributed by atoms with E-state index in [-0.39, 0.29) is 5.60 Å². The molecule has 2 nitrogen and oxygen atoms in total. The van der Waals surface area contributed by atoms with Gasteiger partial charge in [0.25, 0.3) is 0 Å². The molecule has 88 valence electrons. The molecule has 0 N–H and O–H groups in total. The molecule has 0 fully saturated rings. The number of allylic oxidation sites excluding steroid dienone is 1. The normalized spacial score (nSPS) is 24.0. The van der Waals surface area contributed by atoms with Gasteiger partial charge in [-0.1, -0.05) is 42.5 Å². The first-order valence-corrected chi connectivity index (χ1v) is 5.75. The van der Waals surface area contributed by atoms with Crippen LogP contribution in [-0.4, -0.2) is 18.9 Å². The lowest BCUT2D eigenvalue weighted by Gasteiger charge is -2.25. The van der Waals surface area contributed by atoms with E-state index in [1.165, 1.54) is 0 Å². The number of methoxy groups -OCH3 is 1. The molecule has 1 aromatic rings. The zero-order chi connectivity index (χ0) is 12.1. The van der Waals surface area contributed by atoms with Gasteiger partial charge in [0.05, 0.1) is 11.3 Å². The molecule has 0 heterocycles. The fourth-order valence-electron chi connectivity index (χ4n) is 1.64. The number of hydrogen-bond donors (Lipinski definition) is 0. The van der Waals surface area contributed by atoms with E-state index in [9.17, 15) is 0 Å². The van der Waals surface area contributed by atoms with E-state index in [0.29, 0.717) is 0 Å². The van der Waals surface area contributed by atoms with Crippen LogP contribution in [0.1, 0.15) is 18.9 Å². The lowest BCUT2D eigenvalue weighted by atomic mass is 9.96. The van der Waals surface area contributed by atoms with Gasteiger partial charge in [0.15, 0.2) is 0 Å². The van der Waals surface area contributed by atoms with Crippen molar-refractivity contribution in [3.63, 3.8) is 0 Å². The van der Waals surface area contributed by atoms with Crippen molar-refractivity contribution in [3.05, 3.63) is 59.8 Å². The Balaban J connectivity index is 2.03. The number of nitrogens with zero attached hydrogens (tertiary/aromatic N) is 1.